The number of benzene rings is 1. The molecule has 3 aromatic rings. The van der Waals surface area contributed by atoms with Gasteiger partial charge in [0.15, 0.2) is 5.13 Å². The highest BCUT2D eigenvalue weighted by molar-refractivity contribution is 7.13. The molecule has 0 bridgehead atoms. The standard InChI is InChI=1S/C18H17N3OS/c1-11-6-7-15-13(10-11)16(12-4-2-3-5-14(12)20-15)17(22)21-18-19-8-9-23-18/h2-5,8-9,11H,6-7,10H2,1H3,(H,19,21,22)/t11-/m0/s1. The van der Waals surface area contributed by atoms with Crippen LogP contribution < -0.4 is 5.32 Å². The van der Waals surface area contributed by atoms with Gasteiger partial charge >= 0.3 is 0 Å². The summed E-state index contributed by atoms with van der Waals surface area (Å²) in [6, 6.07) is 7.89. The van der Waals surface area contributed by atoms with Crippen molar-refractivity contribution in [3.8, 4) is 0 Å². The van der Waals surface area contributed by atoms with E-state index in [1.165, 1.54) is 11.3 Å². The number of nitrogens with zero attached hydrogens (tertiary/aromatic N) is 2. The van der Waals surface area contributed by atoms with E-state index < -0.39 is 0 Å². The van der Waals surface area contributed by atoms with Gasteiger partial charge in [0.1, 0.15) is 0 Å². The number of pyridine rings is 1. The van der Waals surface area contributed by atoms with Crippen molar-refractivity contribution >= 4 is 33.3 Å². The summed E-state index contributed by atoms with van der Waals surface area (Å²) in [7, 11) is 0. The predicted molar refractivity (Wildman–Crippen MR) is 93.0 cm³/mol. The smallest absolute Gasteiger partial charge is 0.258 e. The number of carbonyl (C=O) groups is 1. The molecule has 2 aromatic heterocycles. The van der Waals surface area contributed by atoms with Gasteiger partial charge in [0, 0.05) is 22.7 Å². The summed E-state index contributed by atoms with van der Waals surface area (Å²) < 4.78 is 0. The Balaban J connectivity index is 1.88. The van der Waals surface area contributed by atoms with E-state index in [2.05, 4.69) is 17.2 Å². The number of hydrogen-bond donors (Lipinski definition) is 1. The fourth-order valence-corrected chi connectivity index (χ4v) is 3.79. The van der Waals surface area contributed by atoms with Gasteiger partial charge in [-0.15, -0.1) is 11.3 Å². The Morgan fingerprint density at radius 1 is 1.35 bits per heavy atom. The van der Waals surface area contributed by atoms with Crippen molar-refractivity contribution < 1.29 is 4.79 Å². The molecule has 0 spiro atoms. The SMILES string of the molecule is C[C@H]1CCc2nc3ccccc3c(C(=O)Nc3nccs3)c2C1. The van der Waals surface area contributed by atoms with E-state index in [0.29, 0.717) is 11.0 Å². The minimum atomic E-state index is -0.0797. The third kappa shape index (κ3) is 2.61. The molecule has 1 amide bonds. The molecule has 0 unspecified atom stereocenters. The number of rotatable bonds is 2. The summed E-state index contributed by atoms with van der Waals surface area (Å²) in [4.78, 5) is 21.9. The van der Waals surface area contributed by atoms with Gasteiger partial charge in [0.05, 0.1) is 11.1 Å². The van der Waals surface area contributed by atoms with Gasteiger partial charge in [0.2, 0.25) is 0 Å². The summed E-state index contributed by atoms with van der Waals surface area (Å²) in [5.41, 5.74) is 3.85. The van der Waals surface area contributed by atoms with Crippen LogP contribution in [0, 0.1) is 5.92 Å². The van der Waals surface area contributed by atoms with E-state index in [1.807, 2.05) is 29.6 Å². The molecule has 0 saturated heterocycles. The molecular formula is C18H17N3OS. The first-order valence-electron chi connectivity index (χ1n) is 7.83. The number of para-hydroxylation sites is 1. The topological polar surface area (TPSA) is 54.9 Å². The second-order valence-electron chi connectivity index (χ2n) is 6.07. The fourth-order valence-electron chi connectivity index (χ4n) is 3.27. The monoisotopic (exact) mass is 323 g/mol. The van der Waals surface area contributed by atoms with Crippen molar-refractivity contribution in [1.82, 2.24) is 9.97 Å². The number of thiazole rings is 1. The minimum Gasteiger partial charge on any atom is -0.298 e. The zero-order valence-corrected chi connectivity index (χ0v) is 13.7. The van der Waals surface area contributed by atoms with E-state index in [1.54, 1.807) is 6.20 Å². The Morgan fingerprint density at radius 3 is 3.04 bits per heavy atom. The number of amides is 1. The van der Waals surface area contributed by atoms with Crippen LogP contribution in [-0.4, -0.2) is 15.9 Å². The molecule has 1 N–H and O–H groups in total. The Hall–Kier alpha value is -2.27. The van der Waals surface area contributed by atoms with Crippen LogP contribution in [0.5, 0.6) is 0 Å². The van der Waals surface area contributed by atoms with Crippen LogP contribution in [-0.2, 0) is 12.8 Å². The van der Waals surface area contributed by atoms with Crippen LogP contribution in [0.3, 0.4) is 0 Å². The molecule has 1 atom stereocenters. The van der Waals surface area contributed by atoms with Crippen LogP contribution in [0.4, 0.5) is 5.13 Å². The Labute approximate surface area is 138 Å². The van der Waals surface area contributed by atoms with Crippen LogP contribution in [0.15, 0.2) is 35.8 Å². The van der Waals surface area contributed by atoms with E-state index in [0.717, 1.165) is 47.0 Å². The highest BCUT2D eigenvalue weighted by Crippen LogP contribution is 2.32. The van der Waals surface area contributed by atoms with Crippen LogP contribution in [0.2, 0.25) is 0 Å². The average Bonchev–Trinajstić information content (AvgIpc) is 3.05. The number of hydrogen-bond acceptors (Lipinski definition) is 4. The third-order valence-corrected chi connectivity index (χ3v) is 5.07. The van der Waals surface area contributed by atoms with E-state index in [4.69, 9.17) is 4.98 Å². The van der Waals surface area contributed by atoms with E-state index in [-0.39, 0.29) is 5.91 Å². The summed E-state index contributed by atoms with van der Waals surface area (Å²) >= 11 is 1.43. The zero-order valence-electron chi connectivity index (χ0n) is 12.9. The predicted octanol–water partition coefficient (Wildman–Crippen LogP) is 4.07. The molecule has 0 aliphatic heterocycles. The lowest BCUT2D eigenvalue weighted by atomic mass is 9.84. The van der Waals surface area contributed by atoms with Crippen molar-refractivity contribution in [2.45, 2.75) is 26.2 Å². The minimum absolute atomic E-state index is 0.0797. The molecule has 23 heavy (non-hydrogen) atoms. The normalized spacial score (nSPS) is 17.0. The lowest BCUT2D eigenvalue weighted by molar-refractivity contribution is 0.102. The molecule has 1 aromatic carbocycles. The summed E-state index contributed by atoms with van der Waals surface area (Å²) in [6.07, 6.45) is 4.68. The van der Waals surface area contributed by atoms with Crippen molar-refractivity contribution in [1.29, 1.82) is 0 Å². The first-order chi connectivity index (χ1) is 11.2. The number of nitrogens with one attached hydrogen (secondary N) is 1. The van der Waals surface area contributed by atoms with Gasteiger partial charge in [-0.2, -0.15) is 0 Å². The van der Waals surface area contributed by atoms with E-state index >= 15 is 0 Å². The number of carbonyl (C=O) groups excluding carboxylic acids is 1. The van der Waals surface area contributed by atoms with Crippen molar-refractivity contribution in [3.05, 3.63) is 52.7 Å². The molecular weight excluding hydrogens is 306 g/mol. The maximum Gasteiger partial charge on any atom is 0.258 e. The molecule has 1 aliphatic carbocycles. The molecule has 2 heterocycles. The maximum absolute atomic E-state index is 12.9. The van der Waals surface area contributed by atoms with E-state index in [9.17, 15) is 4.79 Å². The van der Waals surface area contributed by atoms with Gasteiger partial charge in [-0.25, -0.2) is 4.98 Å². The van der Waals surface area contributed by atoms with Crippen LogP contribution in [0.1, 0.15) is 35.0 Å². The van der Waals surface area contributed by atoms with Gasteiger partial charge < -0.3 is 0 Å². The first-order valence-corrected chi connectivity index (χ1v) is 8.71. The maximum atomic E-state index is 12.9. The Morgan fingerprint density at radius 2 is 2.22 bits per heavy atom. The Kier molecular flexibility index (Phi) is 3.58. The largest absolute Gasteiger partial charge is 0.298 e. The number of aromatic nitrogens is 2. The van der Waals surface area contributed by atoms with Crippen molar-refractivity contribution in [2.75, 3.05) is 5.32 Å². The fraction of sp³-hybridized carbons (Fsp3) is 0.278. The second kappa shape index (κ2) is 5.74. The third-order valence-electron chi connectivity index (χ3n) is 4.39. The van der Waals surface area contributed by atoms with Crippen LogP contribution >= 0.6 is 11.3 Å². The molecule has 0 radical (unpaired) electrons. The lowest BCUT2D eigenvalue weighted by Crippen LogP contribution is -2.21. The molecule has 0 fully saturated rings. The number of anilines is 1. The lowest BCUT2D eigenvalue weighted by Gasteiger charge is -2.24. The second-order valence-corrected chi connectivity index (χ2v) is 6.96. The van der Waals surface area contributed by atoms with Gasteiger partial charge in [-0.1, -0.05) is 25.1 Å². The van der Waals surface area contributed by atoms with Crippen molar-refractivity contribution in [2.24, 2.45) is 5.92 Å². The molecule has 4 nitrogen and oxygen atoms in total. The Bertz CT molecular complexity index is 873. The molecule has 1 aliphatic rings. The number of aryl methyl sites for hydroxylation is 1. The average molecular weight is 323 g/mol. The van der Waals surface area contributed by atoms with Gasteiger partial charge in [-0.05, 0) is 36.8 Å². The van der Waals surface area contributed by atoms with Gasteiger partial charge in [-0.3, -0.25) is 15.1 Å². The molecule has 4 rings (SSSR count). The summed E-state index contributed by atoms with van der Waals surface area (Å²) in [5, 5.41) is 6.35. The highest BCUT2D eigenvalue weighted by atomic mass is 32.1. The molecule has 5 heteroatoms. The first kappa shape index (κ1) is 14.3. The highest BCUT2D eigenvalue weighted by Gasteiger charge is 2.25. The summed E-state index contributed by atoms with van der Waals surface area (Å²) in [5.74, 6) is 0.501. The zero-order chi connectivity index (χ0) is 15.8. The number of fused-ring (bicyclic) bond motifs is 2. The van der Waals surface area contributed by atoms with Gasteiger partial charge in [0.25, 0.3) is 5.91 Å². The summed E-state index contributed by atoms with van der Waals surface area (Å²) in [6.45, 7) is 2.24. The van der Waals surface area contributed by atoms with Crippen LogP contribution in [0.25, 0.3) is 10.9 Å². The van der Waals surface area contributed by atoms with Crippen molar-refractivity contribution in [3.63, 3.8) is 0 Å². The molecule has 0 saturated carbocycles. The molecule has 116 valence electrons. The quantitative estimate of drug-likeness (QED) is 0.773.